The Hall–Kier alpha value is -2.14. The van der Waals surface area contributed by atoms with Gasteiger partial charge in [0, 0.05) is 4.88 Å². The Morgan fingerprint density at radius 3 is 2.15 bits per heavy atom. The fourth-order valence-electron chi connectivity index (χ4n) is 6.04. The molecule has 27 heavy (non-hydrogen) atoms. The van der Waals surface area contributed by atoms with Gasteiger partial charge in [-0.25, -0.2) is 0 Å². The lowest BCUT2D eigenvalue weighted by Gasteiger charge is -2.55. The van der Waals surface area contributed by atoms with Gasteiger partial charge in [-0.1, -0.05) is 30.3 Å². The van der Waals surface area contributed by atoms with E-state index in [1.165, 1.54) is 30.6 Å². The van der Waals surface area contributed by atoms with Crippen molar-refractivity contribution in [1.29, 1.82) is 0 Å². The molecule has 2 amide bonds. The SMILES string of the molecule is NC(=O)c1cc(-c2ccccc2)sc1NC(=O)C12CC3CC(CC(C3)C1)C2. The van der Waals surface area contributed by atoms with Crippen molar-refractivity contribution in [3.8, 4) is 10.4 Å². The van der Waals surface area contributed by atoms with Crippen LogP contribution in [0.5, 0.6) is 0 Å². The number of hydrogen-bond acceptors (Lipinski definition) is 3. The lowest BCUT2D eigenvalue weighted by Crippen LogP contribution is -2.51. The van der Waals surface area contributed by atoms with E-state index in [2.05, 4.69) is 5.32 Å². The second kappa shape index (κ2) is 6.20. The monoisotopic (exact) mass is 380 g/mol. The van der Waals surface area contributed by atoms with Crippen LogP contribution in [0.2, 0.25) is 0 Å². The van der Waals surface area contributed by atoms with Crippen LogP contribution in [0.3, 0.4) is 0 Å². The van der Waals surface area contributed by atoms with Crippen LogP contribution in [0, 0.1) is 23.2 Å². The predicted molar refractivity (Wildman–Crippen MR) is 108 cm³/mol. The minimum Gasteiger partial charge on any atom is -0.366 e. The van der Waals surface area contributed by atoms with Crippen molar-refractivity contribution in [3.63, 3.8) is 0 Å². The number of hydrogen-bond donors (Lipinski definition) is 2. The number of primary amides is 1. The highest BCUT2D eigenvalue weighted by molar-refractivity contribution is 7.20. The number of carbonyl (C=O) groups excluding carboxylic acids is 2. The Labute approximate surface area is 163 Å². The first-order chi connectivity index (χ1) is 13.0. The van der Waals surface area contributed by atoms with E-state index in [1.54, 1.807) is 6.07 Å². The summed E-state index contributed by atoms with van der Waals surface area (Å²) < 4.78 is 0. The smallest absolute Gasteiger partial charge is 0.251 e. The van der Waals surface area contributed by atoms with E-state index in [4.69, 9.17) is 5.73 Å². The number of carbonyl (C=O) groups is 2. The van der Waals surface area contributed by atoms with Crippen LogP contribution in [0.4, 0.5) is 5.00 Å². The number of nitrogens with one attached hydrogen (secondary N) is 1. The fraction of sp³-hybridized carbons (Fsp3) is 0.455. The molecule has 0 atom stereocenters. The summed E-state index contributed by atoms with van der Waals surface area (Å²) in [6.07, 6.45) is 6.93. The lowest BCUT2D eigenvalue weighted by atomic mass is 9.49. The van der Waals surface area contributed by atoms with Gasteiger partial charge >= 0.3 is 0 Å². The molecule has 4 bridgehead atoms. The Morgan fingerprint density at radius 1 is 1.00 bits per heavy atom. The quantitative estimate of drug-likeness (QED) is 0.809. The van der Waals surface area contributed by atoms with Crippen molar-refractivity contribution in [2.75, 3.05) is 5.32 Å². The van der Waals surface area contributed by atoms with Gasteiger partial charge in [0.25, 0.3) is 5.91 Å². The summed E-state index contributed by atoms with van der Waals surface area (Å²) in [6.45, 7) is 0. The van der Waals surface area contributed by atoms with Crippen LogP contribution in [0.1, 0.15) is 48.9 Å². The highest BCUT2D eigenvalue weighted by Crippen LogP contribution is 2.60. The minimum atomic E-state index is -0.491. The van der Waals surface area contributed by atoms with Crippen LogP contribution in [0.15, 0.2) is 36.4 Å². The van der Waals surface area contributed by atoms with E-state index in [9.17, 15) is 9.59 Å². The van der Waals surface area contributed by atoms with Crippen molar-refractivity contribution in [3.05, 3.63) is 42.0 Å². The molecule has 4 aliphatic carbocycles. The van der Waals surface area contributed by atoms with Crippen molar-refractivity contribution in [2.45, 2.75) is 38.5 Å². The van der Waals surface area contributed by atoms with Gasteiger partial charge in [-0.2, -0.15) is 0 Å². The molecule has 6 rings (SSSR count). The van der Waals surface area contributed by atoms with Crippen LogP contribution in [0.25, 0.3) is 10.4 Å². The zero-order valence-electron chi connectivity index (χ0n) is 15.2. The summed E-state index contributed by atoms with van der Waals surface area (Å²) >= 11 is 1.44. The molecular weight excluding hydrogens is 356 g/mol. The first-order valence-electron chi connectivity index (χ1n) is 9.83. The zero-order chi connectivity index (χ0) is 18.6. The highest BCUT2D eigenvalue weighted by Gasteiger charge is 2.54. The number of amides is 2. The van der Waals surface area contributed by atoms with Crippen LogP contribution in [-0.2, 0) is 4.79 Å². The maximum atomic E-state index is 13.3. The highest BCUT2D eigenvalue weighted by atomic mass is 32.1. The average molecular weight is 381 g/mol. The van der Waals surface area contributed by atoms with E-state index >= 15 is 0 Å². The molecule has 140 valence electrons. The Morgan fingerprint density at radius 2 is 1.59 bits per heavy atom. The van der Waals surface area contributed by atoms with Gasteiger partial charge < -0.3 is 11.1 Å². The molecule has 0 radical (unpaired) electrons. The Bertz CT molecular complexity index is 867. The normalized spacial score (nSPS) is 31.0. The molecule has 0 aliphatic heterocycles. The van der Waals surface area contributed by atoms with Crippen molar-refractivity contribution in [1.82, 2.24) is 0 Å². The molecule has 2 aromatic rings. The molecule has 0 spiro atoms. The summed E-state index contributed by atoms with van der Waals surface area (Å²) in [6, 6.07) is 11.7. The number of benzene rings is 1. The molecule has 1 aromatic heterocycles. The van der Waals surface area contributed by atoms with Gasteiger partial charge in [0.1, 0.15) is 5.00 Å². The third-order valence-corrected chi connectivity index (χ3v) is 7.90. The third-order valence-electron chi connectivity index (χ3n) is 6.80. The van der Waals surface area contributed by atoms with E-state index in [1.807, 2.05) is 30.3 Å². The van der Waals surface area contributed by atoms with Crippen LogP contribution >= 0.6 is 11.3 Å². The molecule has 3 N–H and O–H groups in total. The first kappa shape index (κ1) is 17.0. The topological polar surface area (TPSA) is 72.2 Å². The molecule has 1 aromatic carbocycles. The lowest BCUT2D eigenvalue weighted by molar-refractivity contribution is -0.140. The Kier molecular flexibility index (Phi) is 3.90. The zero-order valence-corrected chi connectivity index (χ0v) is 16.1. The second-order valence-electron chi connectivity index (χ2n) is 8.74. The Balaban J connectivity index is 1.44. The third kappa shape index (κ3) is 2.89. The summed E-state index contributed by atoms with van der Waals surface area (Å²) in [7, 11) is 0. The molecule has 4 saturated carbocycles. The van der Waals surface area contributed by atoms with Gasteiger partial charge in [-0.3, -0.25) is 9.59 Å². The van der Waals surface area contributed by atoms with E-state index in [0.29, 0.717) is 28.3 Å². The number of anilines is 1. The molecule has 4 aliphatic rings. The maximum Gasteiger partial charge on any atom is 0.251 e. The number of rotatable bonds is 4. The van der Waals surface area contributed by atoms with Crippen molar-refractivity contribution < 1.29 is 9.59 Å². The van der Waals surface area contributed by atoms with Crippen LogP contribution < -0.4 is 11.1 Å². The summed E-state index contributed by atoms with van der Waals surface area (Å²) in [5.41, 5.74) is 6.81. The molecule has 5 heteroatoms. The molecule has 0 saturated heterocycles. The predicted octanol–water partition coefficient (Wildman–Crippen LogP) is 4.67. The molecule has 0 unspecified atom stereocenters. The summed E-state index contributed by atoms with van der Waals surface area (Å²) in [5.74, 6) is 1.74. The first-order valence-corrected chi connectivity index (χ1v) is 10.6. The minimum absolute atomic E-state index is 0.102. The van der Waals surface area contributed by atoms with E-state index in [0.717, 1.165) is 29.7 Å². The van der Waals surface area contributed by atoms with Crippen molar-refractivity contribution in [2.24, 2.45) is 28.9 Å². The number of nitrogens with two attached hydrogens (primary N) is 1. The molecular formula is C22H24N2O2S. The second-order valence-corrected chi connectivity index (χ2v) is 9.79. The largest absolute Gasteiger partial charge is 0.366 e. The van der Waals surface area contributed by atoms with E-state index < -0.39 is 5.91 Å². The average Bonchev–Trinajstić information content (AvgIpc) is 3.05. The molecule has 1 heterocycles. The van der Waals surface area contributed by atoms with Gasteiger partial charge in [-0.05, 0) is 67.9 Å². The van der Waals surface area contributed by atoms with Gasteiger partial charge in [0.2, 0.25) is 5.91 Å². The van der Waals surface area contributed by atoms with Crippen molar-refractivity contribution >= 4 is 28.2 Å². The van der Waals surface area contributed by atoms with Gasteiger partial charge in [0.05, 0.1) is 11.0 Å². The van der Waals surface area contributed by atoms with Gasteiger partial charge in [0.15, 0.2) is 0 Å². The fourth-order valence-corrected chi connectivity index (χ4v) is 7.10. The maximum absolute atomic E-state index is 13.3. The van der Waals surface area contributed by atoms with Crippen LogP contribution in [-0.4, -0.2) is 11.8 Å². The summed E-state index contributed by atoms with van der Waals surface area (Å²) in [4.78, 5) is 26.3. The van der Waals surface area contributed by atoms with E-state index in [-0.39, 0.29) is 11.3 Å². The standard InChI is InChI=1S/C22H24N2O2S/c23-19(25)17-9-18(16-4-2-1-3-5-16)27-20(17)24-21(26)22-10-13-6-14(11-22)8-15(7-13)12-22/h1-5,9,13-15H,6-8,10-12H2,(H2,23,25)(H,24,26). The van der Waals surface area contributed by atoms with Gasteiger partial charge in [-0.15, -0.1) is 11.3 Å². The molecule has 4 fully saturated rings. The molecule has 4 nitrogen and oxygen atoms in total. The number of thiophene rings is 1. The summed E-state index contributed by atoms with van der Waals surface area (Å²) in [5, 5.41) is 3.72.